The zero-order valence-electron chi connectivity index (χ0n) is 38.4. The summed E-state index contributed by atoms with van der Waals surface area (Å²) in [7, 11) is 0. The Labute approximate surface area is 381 Å². The summed E-state index contributed by atoms with van der Waals surface area (Å²) >= 11 is 0. The minimum absolute atomic E-state index is 0.352. The molecule has 1 unspecified atom stereocenters. The van der Waals surface area contributed by atoms with Crippen molar-refractivity contribution in [3.05, 3.63) is 157 Å². The van der Waals surface area contributed by atoms with Crippen LogP contribution >= 0.6 is 0 Å². The van der Waals surface area contributed by atoms with E-state index in [9.17, 15) is 0 Å². The molecular formula is C56H68O8. The Bertz CT molecular complexity index is 2310. The van der Waals surface area contributed by atoms with E-state index in [0.29, 0.717) is 85.2 Å². The molecular weight excluding hydrogens is 801 g/mol. The van der Waals surface area contributed by atoms with Gasteiger partial charge in [0.2, 0.25) is 0 Å². The average Bonchev–Trinajstić information content (AvgIpc) is 3.30. The summed E-state index contributed by atoms with van der Waals surface area (Å²) in [5.74, 6) is 3.58. The molecule has 1 fully saturated rings. The van der Waals surface area contributed by atoms with E-state index in [1.54, 1.807) is 12.2 Å². The maximum Gasteiger partial charge on any atom is 0.124 e. The second kappa shape index (κ2) is 24.6. The van der Waals surface area contributed by atoms with E-state index in [-0.39, 0.29) is 0 Å². The van der Waals surface area contributed by atoms with Crippen molar-refractivity contribution in [2.45, 2.75) is 64.2 Å². The molecule has 0 aliphatic heterocycles. The topological polar surface area (TPSA) is 73.8 Å². The largest absolute Gasteiger partial charge is 0.491 e. The van der Waals surface area contributed by atoms with Gasteiger partial charge in [0.05, 0.1) is 58.3 Å². The van der Waals surface area contributed by atoms with Crippen molar-refractivity contribution in [2.24, 2.45) is 0 Å². The van der Waals surface area contributed by atoms with Crippen LogP contribution in [-0.2, 0) is 24.4 Å². The van der Waals surface area contributed by atoms with Gasteiger partial charge >= 0.3 is 0 Å². The van der Waals surface area contributed by atoms with Gasteiger partial charge in [0.15, 0.2) is 0 Å². The molecule has 0 radical (unpaired) electrons. The number of rotatable bonds is 28. The second-order valence-electron chi connectivity index (χ2n) is 16.9. The standard InChI is InChI=1S/C56H68O8/c1-8-27-57-29-33-61-48-21-23-51-45(37-48)18-26-53(64-36-32-60-40-42(5)6)55(51)56(7,47-19-15-44(16-20-47)43-13-11-10-12-14-43)54-50-24-22-49(62-34-31-59-39-41(3)4)38-46(50)17-25-52(54)63-35-30-58-28-9-2/h8-9,15-26,37-38,43H,1-3,5,10-14,27-36,39-40H2,4,6-7H3. The molecule has 8 heteroatoms. The molecule has 1 saturated carbocycles. The lowest BCUT2D eigenvalue weighted by atomic mass is 9.67. The van der Waals surface area contributed by atoms with E-state index >= 15 is 0 Å². The zero-order chi connectivity index (χ0) is 45.2. The molecule has 0 spiro atoms. The maximum atomic E-state index is 6.83. The molecule has 1 aliphatic carbocycles. The van der Waals surface area contributed by atoms with Crippen LogP contribution in [-0.4, -0.2) is 79.3 Å². The molecule has 0 heterocycles. The number of hydrogen-bond donors (Lipinski definition) is 0. The van der Waals surface area contributed by atoms with Crippen molar-refractivity contribution in [3.8, 4) is 23.0 Å². The summed E-state index contributed by atoms with van der Waals surface area (Å²) in [6, 6.07) is 30.3. The molecule has 340 valence electrons. The molecule has 0 bridgehead atoms. The number of fused-ring (bicyclic) bond motifs is 2. The Morgan fingerprint density at radius 2 is 1.00 bits per heavy atom. The van der Waals surface area contributed by atoms with Gasteiger partial charge in [0, 0.05) is 11.1 Å². The third-order valence-corrected chi connectivity index (χ3v) is 11.6. The molecule has 5 aromatic rings. The fraction of sp³-hybridized carbons (Fsp3) is 0.393. The van der Waals surface area contributed by atoms with Gasteiger partial charge < -0.3 is 37.9 Å². The average molecular weight is 869 g/mol. The summed E-state index contributed by atoms with van der Waals surface area (Å²) in [6.45, 7) is 26.9. The molecule has 0 amide bonds. The Hall–Kier alpha value is -5.38. The van der Waals surface area contributed by atoms with E-state index < -0.39 is 5.41 Å². The Kier molecular flexibility index (Phi) is 18.5. The molecule has 8 nitrogen and oxygen atoms in total. The summed E-state index contributed by atoms with van der Waals surface area (Å²) in [6.07, 6.45) is 9.77. The van der Waals surface area contributed by atoms with Crippen LogP contribution in [0.4, 0.5) is 0 Å². The van der Waals surface area contributed by atoms with Crippen molar-refractivity contribution >= 4 is 21.5 Å². The predicted molar refractivity (Wildman–Crippen MR) is 261 cm³/mol. The highest BCUT2D eigenvalue weighted by Gasteiger charge is 2.40. The number of benzene rings is 5. The van der Waals surface area contributed by atoms with Gasteiger partial charge in [-0.05, 0) is 109 Å². The van der Waals surface area contributed by atoms with Crippen molar-refractivity contribution in [2.75, 3.05) is 79.3 Å². The lowest BCUT2D eigenvalue weighted by Gasteiger charge is -2.37. The van der Waals surface area contributed by atoms with Crippen molar-refractivity contribution in [1.82, 2.24) is 0 Å². The third kappa shape index (κ3) is 12.9. The van der Waals surface area contributed by atoms with Crippen molar-refractivity contribution in [1.29, 1.82) is 0 Å². The first-order valence-electron chi connectivity index (χ1n) is 22.8. The van der Waals surface area contributed by atoms with E-state index in [2.05, 4.69) is 106 Å². The zero-order valence-corrected chi connectivity index (χ0v) is 38.4. The summed E-state index contributed by atoms with van der Waals surface area (Å²) in [4.78, 5) is 0. The highest BCUT2D eigenvalue weighted by Crippen LogP contribution is 2.52. The summed E-state index contributed by atoms with van der Waals surface area (Å²) in [5, 5.41) is 4.09. The molecule has 6 rings (SSSR count). The van der Waals surface area contributed by atoms with E-state index in [4.69, 9.17) is 37.9 Å². The third-order valence-electron chi connectivity index (χ3n) is 11.6. The molecule has 0 saturated heterocycles. The smallest absolute Gasteiger partial charge is 0.124 e. The quantitative estimate of drug-likeness (QED) is 0.0280. The minimum Gasteiger partial charge on any atom is -0.491 e. The lowest BCUT2D eigenvalue weighted by molar-refractivity contribution is 0.116. The van der Waals surface area contributed by atoms with Crippen LogP contribution in [0.3, 0.4) is 0 Å². The molecule has 0 N–H and O–H groups in total. The van der Waals surface area contributed by atoms with Crippen LogP contribution < -0.4 is 18.9 Å². The molecule has 64 heavy (non-hydrogen) atoms. The Morgan fingerprint density at radius 3 is 1.45 bits per heavy atom. The summed E-state index contributed by atoms with van der Waals surface area (Å²) < 4.78 is 49.2. The summed E-state index contributed by atoms with van der Waals surface area (Å²) in [5.41, 5.74) is 5.61. The van der Waals surface area contributed by atoms with E-state index in [1.807, 2.05) is 26.0 Å². The van der Waals surface area contributed by atoms with E-state index in [0.717, 1.165) is 72.4 Å². The first-order valence-corrected chi connectivity index (χ1v) is 22.8. The van der Waals surface area contributed by atoms with Gasteiger partial charge in [0.25, 0.3) is 0 Å². The molecule has 5 aromatic carbocycles. The molecule has 0 aromatic heterocycles. The normalized spacial score (nSPS) is 13.9. The van der Waals surface area contributed by atoms with Crippen LogP contribution in [0.2, 0.25) is 0 Å². The minimum atomic E-state index is -0.838. The highest BCUT2D eigenvalue weighted by atomic mass is 16.5. The van der Waals surface area contributed by atoms with Crippen LogP contribution in [0.25, 0.3) is 21.5 Å². The predicted octanol–water partition coefficient (Wildman–Crippen LogP) is 12.5. The fourth-order valence-electron chi connectivity index (χ4n) is 8.65. The second-order valence-corrected chi connectivity index (χ2v) is 16.9. The Balaban J connectivity index is 1.54. The van der Waals surface area contributed by atoms with Gasteiger partial charge in [-0.2, -0.15) is 0 Å². The first kappa shape index (κ1) is 48.1. The van der Waals surface area contributed by atoms with Gasteiger partial charge in [-0.15, -0.1) is 13.2 Å². The SMILES string of the molecule is C=CCOCCOc1ccc2c(C(C)(c3ccc(C4CCCCC4)cc3)c3c(OCCOCC=C)ccc4cc(OCCOCC(=C)C)ccc34)c(OCCOCC(=C)C)ccc2c1. The molecule has 1 aliphatic rings. The van der Waals surface area contributed by atoms with Crippen LogP contribution in [0.5, 0.6) is 23.0 Å². The maximum absolute atomic E-state index is 6.83. The number of hydrogen-bond acceptors (Lipinski definition) is 8. The fourth-order valence-corrected chi connectivity index (χ4v) is 8.65. The van der Waals surface area contributed by atoms with Crippen molar-refractivity contribution < 1.29 is 37.9 Å². The monoisotopic (exact) mass is 868 g/mol. The first-order chi connectivity index (χ1) is 31.2. The van der Waals surface area contributed by atoms with Gasteiger partial charge in [-0.25, -0.2) is 0 Å². The van der Waals surface area contributed by atoms with Crippen LogP contribution in [0, 0.1) is 0 Å². The molecule has 1 atom stereocenters. The van der Waals surface area contributed by atoms with Gasteiger partial charge in [-0.3, -0.25) is 0 Å². The number of ether oxygens (including phenoxy) is 8. The van der Waals surface area contributed by atoms with Crippen LogP contribution in [0.15, 0.2) is 135 Å². The van der Waals surface area contributed by atoms with Gasteiger partial charge in [0.1, 0.15) is 49.4 Å². The lowest BCUT2D eigenvalue weighted by Crippen LogP contribution is -2.28. The van der Waals surface area contributed by atoms with E-state index in [1.165, 1.54) is 37.7 Å². The van der Waals surface area contributed by atoms with Crippen LogP contribution in [0.1, 0.15) is 81.0 Å². The van der Waals surface area contributed by atoms with Gasteiger partial charge in [-0.1, -0.05) is 104 Å². The highest BCUT2D eigenvalue weighted by molar-refractivity contribution is 5.96. The van der Waals surface area contributed by atoms with Crippen molar-refractivity contribution in [3.63, 3.8) is 0 Å². The Morgan fingerprint density at radius 1 is 0.547 bits per heavy atom.